The zero-order valence-corrected chi connectivity index (χ0v) is 18.4. The second-order valence-corrected chi connectivity index (χ2v) is 9.44. The first kappa shape index (κ1) is 21.8. The fraction of sp³-hybridized carbons (Fsp3) is 0.714. The molecule has 0 spiro atoms. The number of hydrogen-bond donors (Lipinski definition) is 2. The zero-order chi connectivity index (χ0) is 21.1. The predicted molar refractivity (Wildman–Crippen MR) is 115 cm³/mol. The van der Waals surface area contributed by atoms with Gasteiger partial charge in [0, 0.05) is 37.1 Å². The van der Waals surface area contributed by atoms with Gasteiger partial charge in [-0.15, -0.1) is 11.6 Å². The van der Waals surface area contributed by atoms with Crippen LogP contribution in [0.1, 0.15) is 53.4 Å². The minimum Gasteiger partial charge on any atom is -0.353 e. The Labute approximate surface area is 178 Å². The van der Waals surface area contributed by atoms with E-state index in [1.807, 2.05) is 6.92 Å². The topological polar surface area (TPSA) is 87.2 Å². The third-order valence-electron chi connectivity index (χ3n) is 5.95. The average molecular weight is 422 g/mol. The number of nitrogens with one attached hydrogen (secondary N) is 2. The Morgan fingerprint density at radius 1 is 1.34 bits per heavy atom. The Kier molecular flexibility index (Phi) is 6.98. The summed E-state index contributed by atoms with van der Waals surface area (Å²) in [6.45, 7) is 8.23. The van der Waals surface area contributed by atoms with Gasteiger partial charge in [0.15, 0.2) is 0 Å². The Bertz CT molecular complexity index is 744. The van der Waals surface area contributed by atoms with E-state index in [9.17, 15) is 9.59 Å². The summed E-state index contributed by atoms with van der Waals surface area (Å²) in [4.78, 5) is 35.2. The average Bonchev–Trinajstić information content (AvgIpc) is 2.65. The number of fused-ring (bicyclic) bond motifs is 1. The van der Waals surface area contributed by atoms with E-state index in [2.05, 4.69) is 34.4 Å². The van der Waals surface area contributed by atoms with Crippen molar-refractivity contribution < 1.29 is 9.59 Å². The highest BCUT2D eigenvalue weighted by Gasteiger charge is 2.41. The first-order valence-electron chi connectivity index (χ1n) is 10.6. The van der Waals surface area contributed by atoms with Gasteiger partial charge in [-0.1, -0.05) is 13.8 Å². The monoisotopic (exact) mass is 421 g/mol. The van der Waals surface area contributed by atoms with E-state index in [0.29, 0.717) is 30.1 Å². The van der Waals surface area contributed by atoms with Gasteiger partial charge in [-0.25, -0.2) is 4.98 Å². The molecule has 1 aromatic heterocycles. The van der Waals surface area contributed by atoms with E-state index in [4.69, 9.17) is 11.6 Å². The smallest absolute Gasteiger partial charge is 0.225 e. The third kappa shape index (κ3) is 5.38. The summed E-state index contributed by atoms with van der Waals surface area (Å²) in [6.07, 6.45) is 5.33. The van der Waals surface area contributed by atoms with Crippen LogP contribution < -0.4 is 15.5 Å². The van der Waals surface area contributed by atoms with Crippen LogP contribution in [0.25, 0.3) is 0 Å². The van der Waals surface area contributed by atoms with E-state index in [1.54, 1.807) is 17.2 Å². The fourth-order valence-corrected chi connectivity index (χ4v) is 4.79. The molecule has 2 amide bonds. The maximum Gasteiger partial charge on any atom is 0.225 e. The van der Waals surface area contributed by atoms with Crippen LogP contribution in [0, 0.1) is 17.8 Å². The summed E-state index contributed by atoms with van der Waals surface area (Å²) >= 11 is 6.36. The molecule has 1 aromatic rings. The van der Waals surface area contributed by atoms with E-state index in [1.165, 1.54) is 6.92 Å². The Morgan fingerprint density at radius 2 is 2.10 bits per heavy atom. The maximum atomic E-state index is 12.7. The van der Waals surface area contributed by atoms with Crippen molar-refractivity contribution in [2.45, 2.75) is 70.8 Å². The lowest BCUT2D eigenvalue weighted by molar-refractivity contribution is -0.130. The molecule has 0 bridgehead atoms. The van der Waals surface area contributed by atoms with Gasteiger partial charge in [0.25, 0.3) is 0 Å². The molecule has 29 heavy (non-hydrogen) atoms. The molecule has 7 nitrogen and oxygen atoms in total. The molecule has 5 unspecified atom stereocenters. The molecule has 2 heterocycles. The highest BCUT2D eigenvalue weighted by atomic mass is 35.5. The lowest BCUT2D eigenvalue weighted by atomic mass is 9.74. The van der Waals surface area contributed by atoms with Gasteiger partial charge >= 0.3 is 0 Å². The van der Waals surface area contributed by atoms with Crippen LogP contribution in [-0.4, -0.2) is 45.8 Å². The molecule has 5 atom stereocenters. The molecule has 2 fully saturated rings. The summed E-state index contributed by atoms with van der Waals surface area (Å²) in [5.41, 5.74) is 0. The number of carbonyl (C=O) groups is 2. The van der Waals surface area contributed by atoms with Crippen molar-refractivity contribution in [3.05, 3.63) is 12.3 Å². The van der Waals surface area contributed by atoms with Crippen molar-refractivity contribution in [2.24, 2.45) is 17.8 Å². The number of aromatic nitrogens is 2. The largest absolute Gasteiger partial charge is 0.353 e. The molecule has 160 valence electrons. The Balaban J connectivity index is 1.69. The summed E-state index contributed by atoms with van der Waals surface area (Å²) in [7, 11) is 0. The molecule has 8 heteroatoms. The number of hydrogen-bond acceptors (Lipinski definition) is 5. The predicted octanol–water partition coefficient (Wildman–Crippen LogP) is 3.20. The first-order chi connectivity index (χ1) is 13.7. The lowest BCUT2D eigenvalue weighted by Crippen LogP contribution is -2.55. The first-order valence-corrected chi connectivity index (χ1v) is 11.0. The van der Waals surface area contributed by atoms with Crippen LogP contribution in [-0.2, 0) is 9.59 Å². The van der Waals surface area contributed by atoms with Crippen molar-refractivity contribution in [3.8, 4) is 0 Å². The highest BCUT2D eigenvalue weighted by Crippen LogP contribution is 2.36. The number of anilines is 2. The van der Waals surface area contributed by atoms with Gasteiger partial charge in [0.05, 0.1) is 5.92 Å². The second-order valence-electron chi connectivity index (χ2n) is 8.82. The summed E-state index contributed by atoms with van der Waals surface area (Å²) in [5.74, 6) is 1.61. The molecular weight excluding hydrogens is 390 g/mol. The number of piperidine rings is 1. The molecule has 2 aliphatic rings. The van der Waals surface area contributed by atoms with Crippen LogP contribution in [0.4, 0.5) is 11.8 Å². The van der Waals surface area contributed by atoms with Crippen LogP contribution >= 0.6 is 11.6 Å². The van der Waals surface area contributed by atoms with Crippen molar-refractivity contribution in [3.63, 3.8) is 0 Å². The Morgan fingerprint density at radius 3 is 2.79 bits per heavy atom. The van der Waals surface area contributed by atoms with Gasteiger partial charge < -0.3 is 10.6 Å². The molecule has 2 N–H and O–H groups in total. The minimum absolute atomic E-state index is 0.0537. The van der Waals surface area contributed by atoms with Crippen molar-refractivity contribution in [1.82, 2.24) is 15.3 Å². The number of nitrogens with zero attached hydrogens (tertiary/aromatic N) is 3. The van der Waals surface area contributed by atoms with E-state index in [0.717, 1.165) is 25.7 Å². The van der Waals surface area contributed by atoms with Gasteiger partial charge in [0.2, 0.25) is 17.8 Å². The van der Waals surface area contributed by atoms with E-state index in [-0.39, 0.29) is 35.2 Å². The van der Waals surface area contributed by atoms with E-state index >= 15 is 0 Å². The van der Waals surface area contributed by atoms with Crippen molar-refractivity contribution in [2.75, 3.05) is 16.8 Å². The minimum atomic E-state index is -0.162. The molecule has 1 saturated carbocycles. The fourth-order valence-electron chi connectivity index (χ4n) is 4.43. The quantitative estimate of drug-likeness (QED) is 0.688. The van der Waals surface area contributed by atoms with Crippen LogP contribution in [0.3, 0.4) is 0 Å². The molecule has 1 aliphatic heterocycles. The number of carbonyl (C=O) groups excluding carboxylic acids is 2. The molecule has 1 aliphatic carbocycles. The van der Waals surface area contributed by atoms with Gasteiger partial charge in [-0.2, -0.15) is 4.98 Å². The summed E-state index contributed by atoms with van der Waals surface area (Å²) in [5, 5.41) is 6.68. The zero-order valence-electron chi connectivity index (χ0n) is 17.7. The molecule has 1 saturated heterocycles. The lowest BCUT2D eigenvalue weighted by Gasteiger charge is -2.42. The van der Waals surface area contributed by atoms with Gasteiger partial charge in [-0.3, -0.25) is 14.5 Å². The normalized spacial score (nSPS) is 27.7. The van der Waals surface area contributed by atoms with Crippen LogP contribution in [0.5, 0.6) is 0 Å². The third-order valence-corrected chi connectivity index (χ3v) is 6.34. The summed E-state index contributed by atoms with van der Waals surface area (Å²) < 4.78 is 0. The maximum absolute atomic E-state index is 12.7. The molecular formula is C21H32ClN5O2. The molecule has 0 radical (unpaired) electrons. The van der Waals surface area contributed by atoms with Gasteiger partial charge in [0.1, 0.15) is 5.82 Å². The second kappa shape index (κ2) is 9.28. The van der Waals surface area contributed by atoms with E-state index < -0.39 is 0 Å². The van der Waals surface area contributed by atoms with Crippen LogP contribution in [0.15, 0.2) is 12.3 Å². The molecule has 0 aromatic carbocycles. The number of alkyl halides is 1. The summed E-state index contributed by atoms with van der Waals surface area (Å²) in [6, 6.07) is 1.86. The van der Waals surface area contributed by atoms with Gasteiger partial charge in [-0.05, 0) is 50.5 Å². The highest BCUT2D eigenvalue weighted by molar-refractivity contribution is 6.20. The number of amides is 2. The van der Waals surface area contributed by atoms with Crippen LogP contribution in [0.2, 0.25) is 0 Å². The Hall–Kier alpha value is -1.89. The molecule has 3 rings (SSSR count). The van der Waals surface area contributed by atoms with Crippen molar-refractivity contribution >= 4 is 35.2 Å². The number of halogens is 1. The standard InChI is InChI=1S/C21H32ClN5O2/c1-12(2)11-27(14(4)28)19-7-8-23-21(26-19)24-13(3)17-10-15-9-16(22)5-6-18(15)25-20(17)29/h7-8,12-13,15-18H,5-6,9-11H2,1-4H3,(H,25,29)(H,23,24,26). The SMILES string of the molecule is CC(=O)N(CC(C)C)c1ccnc(NC(C)C2CC3CC(Cl)CCC3NC2=O)n1. The number of rotatable bonds is 6. The van der Waals surface area contributed by atoms with Crippen molar-refractivity contribution in [1.29, 1.82) is 0 Å².